The molecule has 7 heteroatoms. The van der Waals surface area contributed by atoms with E-state index < -0.39 is 7.54 Å². The maximum atomic E-state index is 9.67. The minimum atomic E-state index is -3.67. The van der Waals surface area contributed by atoms with Crippen LogP contribution in [0.4, 0.5) is 12.9 Å². The number of nitrogens with zero attached hydrogens (tertiary/aromatic N) is 2. The van der Waals surface area contributed by atoms with Crippen LogP contribution in [-0.2, 0) is 6.54 Å². The van der Waals surface area contributed by atoms with E-state index in [4.69, 9.17) is 0 Å². The van der Waals surface area contributed by atoms with E-state index in [1.165, 1.54) is 54.5 Å². The van der Waals surface area contributed by atoms with Crippen molar-refractivity contribution in [3.05, 3.63) is 47.5 Å². The number of aromatic nitrogens is 2. The summed E-state index contributed by atoms with van der Waals surface area (Å²) in [5.74, 6) is 0. The average molecular weight is 372 g/mol. The lowest BCUT2D eigenvalue weighted by Crippen LogP contribution is -3.00. The lowest BCUT2D eigenvalue weighted by molar-refractivity contribution is -0.696. The van der Waals surface area contributed by atoms with Gasteiger partial charge < -0.3 is 4.70 Å². The number of hydrogen-bond donors (Lipinski definition) is 0. The van der Waals surface area contributed by atoms with E-state index in [1.54, 1.807) is 0 Å². The Balaban J connectivity index is 0.00000113. The summed E-state index contributed by atoms with van der Waals surface area (Å²) in [5.41, 5.74) is 5.35. The number of imidazole rings is 1. The molecule has 0 aliphatic carbocycles. The van der Waals surface area contributed by atoms with Crippen LogP contribution < -0.4 is 9.27 Å². The summed E-state index contributed by atoms with van der Waals surface area (Å²) in [7, 11) is -3.67. The third kappa shape index (κ3) is 8.54. The van der Waals surface area contributed by atoms with Gasteiger partial charge in [0.1, 0.15) is 18.1 Å². The highest BCUT2D eigenvalue weighted by Crippen LogP contribution is 2.20. The van der Waals surface area contributed by atoms with Crippen LogP contribution in [0, 0.1) is 20.8 Å². The van der Waals surface area contributed by atoms with Gasteiger partial charge in [0.2, 0.25) is 6.33 Å². The van der Waals surface area contributed by atoms with Crippen molar-refractivity contribution in [1.82, 2.24) is 4.57 Å². The SMILES string of the molecule is CCCCCCC[n+]1ccn(-c2c(C)cc(C)cc2C)c1.FB(F)F.[F-]. The molecule has 1 aromatic carbocycles. The molecule has 26 heavy (non-hydrogen) atoms. The van der Waals surface area contributed by atoms with Crippen molar-refractivity contribution in [3.63, 3.8) is 0 Å². The first-order chi connectivity index (χ1) is 11.8. The summed E-state index contributed by atoms with van der Waals surface area (Å²) >= 11 is 0. The van der Waals surface area contributed by atoms with Crippen LogP contribution in [0.3, 0.4) is 0 Å². The first-order valence-corrected chi connectivity index (χ1v) is 8.92. The highest BCUT2D eigenvalue weighted by atomic mass is 19.4. The van der Waals surface area contributed by atoms with Gasteiger partial charge in [-0.15, -0.1) is 0 Å². The maximum Gasteiger partial charge on any atom is 0.762 e. The summed E-state index contributed by atoms with van der Waals surface area (Å²) in [6.07, 6.45) is 13.3. The van der Waals surface area contributed by atoms with Gasteiger partial charge in [0.25, 0.3) is 0 Å². The molecule has 0 atom stereocenters. The Kier molecular flexibility index (Phi) is 11.7. The van der Waals surface area contributed by atoms with Crippen molar-refractivity contribution in [2.24, 2.45) is 0 Å². The van der Waals surface area contributed by atoms with Gasteiger partial charge in [-0.25, -0.2) is 9.13 Å². The smallest absolute Gasteiger partial charge is 0.762 e. The molecule has 0 saturated carbocycles. The van der Waals surface area contributed by atoms with Crippen molar-refractivity contribution in [2.45, 2.75) is 66.3 Å². The molecule has 0 N–H and O–H groups in total. The molecule has 2 rings (SSSR count). The Morgan fingerprint density at radius 2 is 1.50 bits per heavy atom. The van der Waals surface area contributed by atoms with Crippen molar-refractivity contribution < 1.29 is 22.2 Å². The summed E-state index contributed by atoms with van der Waals surface area (Å²) < 4.78 is 33.6. The molecule has 0 radical (unpaired) electrons. The topological polar surface area (TPSA) is 8.81 Å². The van der Waals surface area contributed by atoms with Gasteiger partial charge in [-0.2, -0.15) is 0 Å². The molecule has 0 unspecified atom stereocenters. The van der Waals surface area contributed by atoms with Gasteiger partial charge in [0.15, 0.2) is 0 Å². The lowest BCUT2D eigenvalue weighted by atomic mass is 10.1. The molecule has 0 amide bonds. The molecule has 2 nitrogen and oxygen atoms in total. The van der Waals surface area contributed by atoms with Crippen LogP contribution in [-0.4, -0.2) is 12.1 Å². The van der Waals surface area contributed by atoms with Crippen LogP contribution in [0.2, 0.25) is 0 Å². The largest absolute Gasteiger partial charge is 1.00 e. The van der Waals surface area contributed by atoms with Crippen LogP contribution in [0.5, 0.6) is 0 Å². The normalized spacial score (nSPS) is 9.96. The number of benzene rings is 1. The molecule has 0 aliphatic rings. The van der Waals surface area contributed by atoms with E-state index in [9.17, 15) is 12.9 Å². The van der Waals surface area contributed by atoms with E-state index in [-0.39, 0.29) is 4.70 Å². The molecule has 1 aromatic heterocycles. The van der Waals surface area contributed by atoms with Crippen LogP contribution in [0.1, 0.15) is 55.7 Å². The Bertz CT molecular complexity index is 618. The van der Waals surface area contributed by atoms with E-state index in [0.29, 0.717) is 0 Å². The Morgan fingerprint density at radius 1 is 0.962 bits per heavy atom. The van der Waals surface area contributed by atoms with Crippen LogP contribution in [0.25, 0.3) is 5.69 Å². The van der Waals surface area contributed by atoms with E-state index in [1.807, 2.05) is 0 Å². The zero-order valence-corrected chi connectivity index (χ0v) is 16.1. The molecule has 0 saturated heterocycles. The molecule has 146 valence electrons. The Labute approximate surface area is 154 Å². The minimum Gasteiger partial charge on any atom is -1.00 e. The predicted octanol–water partition coefficient (Wildman–Crippen LogP) is 2.54. The third-order valence-electron chi connectivity index (χ3n) is 4.10. The second-order valence-corrected chi connectivity index (χ2v) is 6.47. The Morgan fingerprint density at radius 3 is 2.04 bits per heavy atom. The monoisotopic (exact) mass is 372 g/mol. The third-order valence-corrected chi connectivity index (χ3v) is 4.10. The zero-order valence-electron chi connectivity index (χ0n) is 16.1. The van der Waals surface area contributed by atoms with Gasteiger partial charge in [-0.05, 0) is 44.7 Å². The van der Waals surface area contributed by atoms with Gasteiger partial charge in [0.05, 0.1) is 6.54 Å². The minimum absolute atomic E-state index is 0. The molecule has 0 bridgehead atoms. The lowest BCUT2D eigenvalue weighted by Gasteiger charge is -2.07. The van der Waals surface area contributed by atoms with Crippen LogP contribution in [0.15, 0.2) is 30.9 Å². The van der Waals surface area contributed by atoms with Crippen molar-refractivity contribution >= 4 is 7.54 Å². The van der Waals surface area contributed by atoms with Gasteiger partial charge in [-0.1, -0.05) is 43.9 Å². The number of aryl methyl sites for hydroxylation is 4. The first kappa shape index (κ1) is 24.2. The second-order valence-electron chi connectivity index (χ2n) is 6.47. The molecule has 1 heterocycles. The molecular formula is C19H29BF4N2. The molecule has 2 aromatic rings. The number of unbranched alkanes of at least 4 members (excludes halogenated alkanes) is 4. The number of halogens is 4. The first-order valence-electron chi connectivity index (χ1n) is 8.92. The molecule has 0 fully saturated rings. The fourth-order valence-corrected chi connectivity index (χ4v) is 3.14. The average Bonchev–Trinajstić information content (AvgIpc) is 2.94. The zero-order chi connectivity index (χ0) is 18.8. The second kappa shape index (κ2) is 12.5. The highest BCUT2D eigenvalue weighted by molar-refractivity contribution is 6.33. The maximum absolute atomic E-state index is 9.67. The summed E-state index contributed by atoms with van der Waals surface area (Å²) in [5, 5.41) is 0. The molecular weight excluding hydrogens is 343 g/mol. The summed E-state index contributed by atoms with van der Waals surface area (Å²) in [6, 6.07) is 4.52. The van der Waals surface area contributed by atoms with E-state index in [0.717, 1.165) is 6.54 Å². The van der Waals surface area contributed by atoms with E-state index in [2.05, 4.69) is 67.7 Å². The predicted molar refractivity (Wildman–Crippen MR) is 98.0 cm³/mol. The van der Waals surface area contributed by atoms with Crippen molar-refractivity contribution in [3.8, 4) is 5.69 Å². The standard InChI is InChI=1S/C19H29N2.BF3.FH/c1-5-6-7-8-9-10-20-11-12-21(15-20)19-17(3)13-16(2)14-18(19)4;2-1(3)4;/h11-15H,5-10H2,1-4H3;;1H/q+1;;/p-1. The Hall–Kier alpha value is -1.79. The van der Waals surface area contributed by atoms with Gasteiger partial charge >= 0.3 is 7.54 Å². The summed E-state index contributed by atoms with van der Waals surface area (Å²) in [4.78, 5) is 0. The van der Waals surface area contributed by atoms with Gasteiger partial charge in [0, 0.05) is 0 Å². The fourth-order valence-electron chi connectivity index (χ4n) is 3.14. The molecule has 0 aliphatic heterocycles. The quantitative estimate of drug-likeness (QED) is 0.306. The van der Waals surface area contributed by atoms with Crippen LogP contribution >= 0.6 is 0 Å². The number of hydrogen-bond acceptors (Lipinski definition) is 0. The fraction of sp³-hybridized carbons (Fsp3) is 0.526. The molecule has 0 spiro atoms. The van der Waals surface area contributed by atoms with Crippen molar-refractivity contribution in [2.75, 3.05) is 0 Å². The van der Waals surface area contributed by atoms with E-state index >= 15 is 0 Å². The van der Waals surface area contributed by atoms with Gasteiger partial charge in [-0.3, -0.25) is 12.9 Å². The highest BCUT2D eigenvalue weighted by Gasteiger charge is 2.12. The summed E-state index contributed by atoms with van der Waals surface area (Å²) in [6.45, 7) is 9.95. The number of rotatable bonds is 7. The van der Waals surface area contributed by atoms with Crippen molar-refractivity contribution in [1.29, 1.82) is 0 Å².